The lowest BCUT2D eigenvalue weighted by Crippen LogP contribution is -2.42. The van der Waals surface area contributed by atoms with E-state index in [1.165, 1.54) is 31.6 Å². The number of piperidine rings is 1. The second kappa shape index (κ2) is 8.70. The number of carbonyl (C=O) groups excluding carboxylic acids is 1. The molecule has 1 atom stereocenters. The highest BCUT2D eigenvalue weighted by Gasteiger charge is 2.32. The van der Waals surface area contributed by atoms with Crippen LogP contribution in [0.3, 0.4) is 0 Å². The zero-order chi connectivity index (χ0) is 18.5. The van der Waals surface area contributed by atoms with Crippen LogP contribution in [0.1, 0.15) is 24.8 Å². The number of hydrogen-bond acceptors (Lipinski definition) is 3. The van der Waals surface area contributed by atoms with Gasteiger partial charge >= 0.3 is 0 Å². The minimum Gasteiger partial charge on any atom is -0.341 e. The molecule has 5 heteroatoms. The standard InChI is InChI=1S/C22H30N4O/c27-22(18-26-12-4-11-23-26)25-15-9-20(10-16-25)21-8-14-24(17-21)13-7-19-5-2-1-3-6-19/h1-6,11-12,20-21H,7-10,13-18H2/t21-/m1/s1. The Bertz CT molecular complexity index is 707. The van der Waals surface area contributed by atoms with E-state index in [1.54, 1.807) is 10.9 Å². The van der Waals surface area contributed by atoms with Crippen LogP contribution in [-0.2, 0) is 17.8 Å². The lowest BCUT2D eigenvalue weighted by atomic mass is 9.84. The average molecular weight is 367 g/mol. The molecule has 0 radical (unpaired) electrons. The van der Waals surface area contributed by atoms with Crippen LogP contribution in [0.2, 0.25) is 0 Å². The van der Waals surface area contributed by atoms with Crippen molar-refractivity contribution in [3.05, 3.63) is 54.4 Å². The van der Waals surface area contributed by atoms with Crippen LogP contribution in [0.25, 0.3) is 0 Å². The van der Waals surface area contributed by atoms with Crippen LogP contribution in [0.15, 0.2) is 48.8 Å². The zero-order valence-corrected chi connectivity index (χ0v) is 16.0. The Balaban J connectivity index is 1.19. The van der Waals surface area contributed by atoms with Gasteiger partial charge in [0.2, 0.25) is 5.91 Å². The molecule has 0 saturated carbocycles. The second-order valence-electron chi connectivity index (χ2n) is 8.01. The molecule has 4 rings (SSSR count). The summed E-state index contributed by atoms with van der Waals surface area (Å²) in [6, 6.07) is 12.7. The third kappa shape index (κ3) is 4.78. The lowest BCUT2D eigenvalue weighted by molar-refractivity contribution is -0.133. The predicted octanol–water partition coefficient (Wildman–Crippen LogP) is 2.69. The van der Waals surface area contributed by atoms with Gasteiger partial charge in [-0.1, -0.05) is 30.3 Å². The molecule has 1 amide bonds. The SMILES string of the molecule is O=C(Cn1cccn1)N1CCC([C@@H]2CCN(CCc3ccccc3)C2)CC1. The quantitative estimate of drug-likeness (QED) is 0.789. The molecule has 144 valence electrons. The summed E-state index contributed by atoms with van der Waals surface area (Å²) in [5, 5.41) is 4.14. The summed E-state index contributed by atoms with van der Waals surface area (Å²) in [6.45, 7) is 5.82. The van der Waals surface area contributed by atoms with E-state index >= 15 is 0 Å². The number of likely N-dealkylation sites (tertiary alicyclic amines) is 2. The maximum Gasteiger partial charge on any atom is 0.244 e. The number of rotatable bonds is 6. The largest absolute Gasteiger partial charge is 0.341 e. The molecule has 3 heterocycles. The van der Waals surface area contributed by atoms with E-state index in [9.17, 15) is 4.79 Å². The molecule has 0 spiro atoms. The van der Waals surface area contributed by atoms with E-state index in [-0.39, 0.29) is 5.91 Å². The number of aromatic nitrogens is 2. The molecule has 2 fully saturated rings. The van der Waals surface area contributed by atoms with Gasteiger partial charge in [0, 0.05) is 38.6 Å². The summed E-state index contributed by atoms with van der Waals surface area (Å²) >= 11 is 0. The highest BCUT2D eigenvalue weighted by atomic mass is 16.2. The van der Waals surface area contributed by atoms with Gasteiger partial charge in [-0.05, 0) is 55.7 Å². The molecular formula is C22H30N4O. The highest BCUT2D eigenvalue weighted by molar-refractivity contribution is 5.75. The fourth-order valence-corrected chi connectivity index (χ4v) is 4.64. The van der Waals surface area contributed by atoms with Crippen LogP contribution in [0.4, 0.5) is 0 Å². The monoisotopic (exact) mass is 366 g/mol. The third-order valence-electron chi connectivity index (χ3n) is 6.28. The van der Waals surface area contributed by atoms with Crippen LogP contribution < -0.4 is 0 Å². The van der Waals surface area contributed by atoms with Crippen molar-refractivity contribution in [3.8, 4) is 0 Å². The van der Waals surface area contributed by atoms with Crippen LogP contribution in [0, 0.1) is 11.8 Å². The first-order chi connectivity index (χ1) is 13.3. The molecule has 27 heavy (non-hydrogen) atoms. The van der Waals surface area contributed by atoms with Crippen LogP contribution in [-0.4, -0.2) is 58.2 Å². The molecule has 5 nitrogen and oxygen atoms in total. The summed E-state index contributed by atoms with van der Waals surface area (Å²) < 4.78 is 1.72. The van der Waals surface area contributed by atoms with E-state index in [0.29, 0.717) is 6.54 Å². The summed E-state index contributed by atoms with van der Waals surface area (Å²) in [6.07, 6.45) is 8.36. The lowest BCUT2D eigenvalue weighted by Gasteiger charge is -2.35. The smallest absolute Gasteiger partial charge is 0.244 e. The van der Waals surface area contributed by atoms with Gasteiger partial charge in [-0.25, -0.2) is 0 Å². The third-order valence-corrected chi connectivity index (χ3v) is 6.28. The minimum atomic E-state index is 0.202. The first-order valence-corrected chi connectivity index (χ1v) is 10.3. The number of benzene rings is 1. The number of nitrogens with zero attached hydrogens (tertiary/aromatic N) is 4. The van der Waals surface area contributed by atoms with E-state index in [4.69, 9.17) is 0 Å². The molecule has 0 unspecified atom stereocenters. The highest BCUT2D eigenvalue weighted by Crippen LogP contribution is 2.32. The number of amides is 1. The van der Waals surface area contributed by atoms with E-state index in [2.05, 4.69) is 40.3 Å². The van der Waals surface area contributed by atoms with Crippen molar-refractivity contribution < 1.29 is 4.79 Å². The van der Waals surface area contributed by atoms with Crippen molar-refractivity contribution in [3.63, 3.8) is 0 Å². The summed E-state index contributed by atoms with van der Waals surface area (Å²) in [5.74, 6) is 1.79. The zero-order valence-electron chi connectivity index (χ0n) is 16.0. The molecule has 1 aromatic carbocycles. The number of carbonyl (C=O) groups is 1. The molecule has 2 aliphatic heterocycles. The van der Waals surface area contributed by atoms with Crippen molar-refractivity contribution in [1.29, 1.82) is 0 Å². The van der Waals surface area contributed by atoms with Gasteiger partial charge in [0.1, 0.15) is 6.54 Å². The van der Waals surface area contributed by atoms with Gasteiger partial charge in [0.25, 0.3) is 0 Å². The first kappa shape index (κ1) is 18.2. The molecule has 0 N–H and O–H groups in total. The Kier molecular flexibility index (Phi) is 5.87. The normalized spacial score (nSPS) is 21.6. The fraction of sp³-hybridized carbons (Fsp3) is 0.545. The summed E-state index contributed by atoms with van der Waals surface area (Å²) in [7, 11) is 0. The molecular weight excluding hydrogens is 336 g/mol. The van der Waals surface area contributed by atoms with Crippen molar-refractivity contribution >= 4 is 5.91 Å². The second-order valence-corrected chi connectivity index (χ2v) is 8.01. The van der Waals surface area contributed by atoms with Crippen molar-refractivity contribution in [2.75, 3.05) is 32.7 Å². The molecule has 2 aliphatic rings. The van der Waals surface area contributed by atoms with Gasteiger partial charge in [0.05, 0.1) is 0 Å². The van der Waals surface area contributed by atoms with Gasteiger partial charge in [-0.3, -0.25) is 9.48 Å². The van der Waals surface area contributed by atoms with Crippen molar-refractivity contribution in [2.45, 2.75) is 32.2 Å². The predicted molar refractivity (Wildman–Crippen MR) is 106 cm³/mol. The molecule has 0 bridgehead atoms. The summed E-state index contributed by atoms with van der Waals surface area (Å²) in [4.78, 5) is 17.1. The van der Waals surface area contributed by atoms with Gasteiger partial charge in [-0.15, -0.1) is 0 Å². The Hall–Kier alpha value is -2.14. The van der Waals surface area contributed by atoms with Gasteiger partial charge in [0.15, 0.2) is 0 Å². The van der Waals surface area contributed by atoms with E-state index in [0.717, 1.165) is 44.2 Å². The van der Waals surface area contributed by atoms with E-state index in [1.807, 2.05) is 17.2 Å². The summed E-state index contributed by atoms with van der Waals surface area (Å²) in [5.41, 5.74) is 1.44. The van der Waals surface area contributed by atoms with E-state index < -0.39 is 0 Å². The van der Waals surface area contributed by atoms with Crippen LogP contribution in [0.5, 0.6) is 0 Å². The first-order valence-electron chi connectivity index (χ1n) is 10.3. The Morgan fingerprint density at radius 1 is 1.00 bits per heavy atom. The molecule has 2 aromatic rings. The molecule has 2 saturated heterocycles. The maximum atomic E-state index is 12.4. The topological polar surface area (TPSA) is 41.4 Å². The fourth-order valence-electron chi connectivity index (χ4n) is 4.64. The Morgan fingerprint density at radius 3 is 2.52 bits per heavy atom. The molecule has 1 aromatic heterocycles. The van der Waals surface area contributed by atoms with Gasteiger partial charge in [-0.2, -0.15) is 5.10 Å². The van der Waals surface area contributed by atoms with Gasteiger partial charge < -0.3 is 9.80 Å². The van der Waals surface area contributed by atoms with Crippen molar-refractivity contribution in [2.24, 2.45) is 11.8 Å². The minimum absolute atomic E-state index is 0.202. The maximum absolute atomic E-state index is 12.4. The van der Waals surface area contributed by atoms with Crippen molar-refractivity contribution in [1.82, 2.24) is 19.6 Å². The van der Waals surface area contributed by atoms with Crippen LogP contribution >= 0.6 is 0 Å². The Morgan fingerprint density at radius 2 is 1.78 bits per heavy atom. The Labute approximate surface area is 162 Å². The average Bonchev–Trinajstić information content (AvgIpc) is 3.39. The molecule has 0 aliphatic carbocycles. The number of hydrogen-bond donors (Lipinski definition) is 0.